The van der Waals surface area contributed by atoms with Gasteiger partial charge in [-0.25, -0.2) is 4.98 Å². The lowest BCUT2D eigenvalue weighted by atomic mass is 9.99. The Hall–Kier alpha value is -5.51. The fourth-order valence-electron chi connectivity index (χ4n) is 5.69. The zero-order chi connectivity index (χ0) is 34.0. The number of nitrogens with one attached hydrogen (secondary N) is 1. The summed E-state index contributed by atoms with van der Waals surface area (Å²) in [4.78, 5) is 32.6. The molecule has 0 fully saturated rings. The Kier molecular flexibility index (Phi) is 10.9. The van der Waals surface area contributed by atoms with Gasteiger partial charge < -0.3 is 24.3 Å². The lowest BCUT2D eigenvalue weighted by molar-refractivity contribution is 0.101. The minimum absolute atomic E-state index is 0.171. The summed E-state index contributed by atoms with van der Waals surface area (Å²) in [7, 11) is 3.32. The molecule has 9 heteroatoms. The van der Waals surface area contributed by atoms with Crippen molar-refractivity contribution in [3.8, 4) is 17.2 Å². The summed E-state index contributed by atoms with van der Waals surface area (Å²) in [5.41, 5.74) is 5.43. The molecule has 1 aliphatic rings. The molecule has 9 nitrogen and oxygen atoms in total. The quantitative estimate of drug-likeness (QED) is 0.0787. The third-order valence-electron chi connectivity index (χ3n) is 8.34. The van der Waals surface area contributed by atoms with E-state index in [1.807, 2.05) is 54.6 Å². The average molecular weight is 658 g/mol. The van der Waals surface area contributed by atoms with Crippen LogP contribution in [0.15, 0.2) is 103 Å². The van der Waals surface area contributed by atoms with Crippen molar-refractivity contribution in [1.29, 1.82) is 0 Å². The molecular weight excluding hydrogens is 618 g/mol. The molecule has 0 saturated carbocycles. The van der Waals surface area contributed by atoms with Crippen molar-refractivity contribution in [2.45, 2.75) is 13.0 Å². The second-order valence-corrected chi connectivity index (χ2v) is 11.7. The number of benzene rings is 4. The molecule has 250 valence electrons. The summed E-state index contributed by atoms with van der Waals surface area (Å²) in [5.74, 6) is 1.74. The molecular formula is C40H39N3O6. The Balaban J connectivity index is 0.981. The summed E-state index contributed by atoms with van der Waals surface area (Å²) < 4.78 is 22.6. The van der Waals surface area contributed by atoms with E-state index in [4.69, 9.17) is 18.9 Å². The maximum absolute atomic E-state index is 13.0. The summed E-state index contributed by atoms with van der Waals surface area (Å²) in [6, 6.07) is 29.9. The number of hydrogen-bond donors (Lipinski definition) is 1. The molecule has 0 aliphatic carbocycles. The zero-order valence-electron chi connectivity index (χ0n) is 27.7. The average Bonchev–Trinajstić information content (AvgIpc) is 3.14. The number of ether oxygens (including phenoxy) is 4. The van der Waals surface area contributed by atoms with E-state index in [2.05, 4.69) is 27.3 Å². The number of carbonyl (C=O) groups excluding carboxylic acids is 2. The van der Waals surface area contributed by atoms with Gasteiger partial charge in [0.2, 0.25) is 0 Å². The van der Waals surface area contributed by atoms with Gasteiger partial charge in [0.25, 0.3) is 5.91 Å². The molecule has 0 unspecified atom stereocenters. The largest absolute Gasteiger partial charge is 0.493 e. The number of nitrogens with zero attached hydrogens (tertiary/aromatic N) is 2. The van der Waals surface area contributed by atoms with E-state index in [-0.39, 0.29) is 11.7 Å². The highest BCUT2D eigenvalue weighted by molar-refractivity contribution is 6.08. The number of anilines is 1. The summed E-state index contributed by atoms with van der Waals surface area (Å²) in [6.45, 7) is 4.09. The SMILES string of the molecule is COCCOc1cc2c(cc1OC)CCN(CCOc1ccc(/C=C/C(=O)c3cccc(NC(=O)c4ccc5ccccc5n4)c3)cc1)C2. The van der Waals surface area contributed by atoms with E-state index < -0.39 is 0 Å². The van der Waals surface area contributed by atoms with Crippen LogP contribution in [0.4, 0.5) is 5.69 Å². The van der Waals surface area contributed by atoms with Crippen LogP contribution in [0.5, 0.6) is 17.2 Å². The highest BCUT2D eigenvalue weighted by atomic mass is 16.5. The second kappa shape index (κ2) is 16.1. The number of para-hydroxylation sites is 1. The molecule has 6 rings (SSSR count). The van der Waals surface area contributed by atoms with E-state index in [9.17, 15) is 9.59 Å². The van der Waals surface area contributed by atoms with Gasteiger partial charge in [0.05, 0.1) is 19.2 Å². The minimum atomic E-state index is -0.339. The van der Waals surface area contributed by atoms with E-state index >= 15 is 0 Å². The number of allylic oxidation sites excluding steroid dienone is 1. The normalized spacial score (nSPS) is 12.9. The van der Waals surface area contributed by atoms with Gasteiger partial charge in [-0.05, 0) is 77.7 Å². The number of carbonyl (C=O) groups is 2. The Morgan fingerprint density at radius 3 is 2.51 bits per heavy atom. The molecule has 0 spiro atoms. The number of ketones is 1. The fourth-order valence-corrected chi connectivity index (χ4v) is 5.69. The lowest BCUT2D eigenvalue weighted by Gasteiger charge is -2.29. The smallest absolute Gasteiger partial charge is 0.274 e. The molecule has 5 aromatic rings. The summed E-state index contributed by atoms with van der Waals surface area (Å²) in [5, 5.41) is 3.81. The molecule has 1 aliphatic heterocycles. The molecule has 2 heterocycles. The van der Waals surface area contributed by atoms with Crippen LogP contribution in [0.1, 0.15) is 37.5 Å². The standard InChI is InChI=1S/C40H39N3O6/c1-46-22-23-49-39-26-32-27-43(19-18-30(32)25-38(39)47-2)20-21-48-34-14-10-28(11-15-34)12-17-37(44)31-7-5-8-33(24-31)41-40(45)36-16-13-29-6-3-4-9-35(29)42-36/h3-17,24-26H,18-23,27H2,1-2H3,(H,41,45)/b17-12+. The number of fused-ring (bicyclic) bond motifs is 2. The molecule has 0 radical (unpaired) electrons. The first-order valence-corrected chi connectivity index (χ1v) is 16.3. The van der Waals surface area contributed by atoms with Gasteiger partial charge in [-0.15, -0.1) is 0 Å². The molecule has 49 heavy (non-hydrogen) atoms. The van der Waals surface area contributed by atoms with Crippen LogP contribution in [-0.2, 0) is 17.7 Å². The molecule has 4 aromatic carbocycles. The Morgan fingerprint density at radius 1 is 0.837 bits per heavy atom. The van der Waals surface area contributed by atoms with Crippen LogP contribution in [0.2, 0.25) is 0 Å². The van der Waals surface area contributed by atoms with Crippen LogP contribution in [-0.4, -0.2) is 68.7 Å². The van der Waals surface area contributed by atoms with Gasteiger partial charge in [-0.1, -0.05) is 54.6 Å². The van der Waals surface area contributed by atoms with Crippen molar-refractivity contribution in [3.63, 3.8) is 0 Å². The second-order valence-electron chi connectivity index (χ2n) is 11.7. The molecule has 0 atom stereocenters. The molecule has 1 N–H and O–H groups in total. The van der Waals surface area contributed by atoms with E-state index in [1.54, 1.807) is 50.6 Å². The monoisotopic (exact) mass is 657 g/mol. The zero-order valence-corrected chi connectivity index (χ0v) is 27.7. The Bertz CT molecular complexity index is 1960. The first-order valence-electron chi connectivity index (χ1n) is 16.3. The molecule has 1 amide bonds. The Morgan fingerprint density at radius 2 is 1.67 bits per heavy atom. The number of pyridine rings is 1. The van der Waals surface area contributed by atoms with E-state index in [0.29, 0.717) is 36.8 Å². The van der Waals surface area contributed by atoms with Gasteiger partial charge in [0.1, 0.15) is 24.7 Å². The van der Waals surface area contributed by atoms with Crippen molar-refractivity contribution >= 4 is 34.4 Å². The fraction of sp³-hybridized carbons (Fsp3) is 0.225. The summed E-state index contributed by atoms with van der Waals surface area (Å²) in [6.07, 6.45) is 4.23. The van der Waals surface area contributed by atoms with E-state index in [0.717, 1.165) is 59.8 Å². The van der Waals surface area contributed by atoms with Crippen LogP contribution in [0.3, 0.4) is 0 Å². The Labute approximate surface area is 286 Å². The molecule has 0 saturated heterocycles. The van der Waals surface area contributed by atoms with Crippen molar-refractivity contribution < 1.29 is 28.5 Å². The number of rotatable bonds is 14. The first kappa shape index (κ1) is 33.4. The maximum atomic E-state index is 13.0. The number of aromatic nitrogens is 1. The predicted molar refractivity (Wildman–Crippen MR) is 191 cm³/mol. The van der Waals surface area contributed by atoms with Crippen molar-refractivity contribution in [1.82, 2.24) is 9.88 Å². The third-order valence-corrected chi connectivity index (χ3v) is 8.34. The topological polar surface area (TPSA) is 99.2 Å². The van der Waals surface area contributed by atoms with Crippen molar-refractivity contribution in [3.05, 3.63) is 131 Å². The van der Waals surface area contributed by atoms with Gasteiger partial charge in [0, 0.05) is 43.4 Å². The third kappa shape index (κ3) is 8.70. The first-order chi connectivity index (χ1) is 24.0. The highest BCUT2D eigenvalue weighted by Crippen LogP contribution is 2.33. The number of methoxy groups -OCH3 is 2. The summed E-state index contributed by atoms with van der Waals surface area (Å²) >= 11 is 0. The van der Waals surface area contributed by atoms with Crippen molar-refractivity contribution in [2.24, 2.45) is 0 Å². The van der Waals surface area contributed by atoms with Gasteiger partial charge >= 0.3 is 0 Å². The predicted octanol–water partition coefficient (Wildman–Crippen LogP) is 6.85. The van der Waals surface area contributed by atoms with Gasteiger partial charge in [0.15, 0.2) is 17.3 Å². The number of amides is 1. The van der Waals surface area contributed by atoms with Crippen LogP contribution >= 0.6 is 0 Å². The lowest BCUT2D eigenvalue weighted by Crippen LogP contribution is -2.33. The molecule has 0 bridgehead atoms. The minimum Gasteiger partial charge on any atom is -0.493 e. The molecule has 1 aromatic heterocycles. The number of hydrogen-bond acceptors (Lipinski definition) is 8. The van der Waals surface area contributed by atoms with E-state index in [1.165, 1.54) is 17.2 Å². The van der Waals surface area contributed by atoms with Crippen molar-refractivity contribution in [2.75, 3.05) is 52.4 Å². The highest BCUT2D eigenvalue weighted by Gasteiger charge is 2.20. The van der Waals surface area contributed by atoms with Gasteiger partial charge in [-0.2, -0.15) is 0 Å². The van der Waals surface area contributed by atoms with Crippen LogP contribution in [0.25, 0.3) is 17.0 Å². The maximum Gasteiger partial charge on any atom is 0.274 e. The van der Waals surface area contributed by atoms with Crippen LogP contribution in [0, 0.1) is 0 Å². The van der Waals surface area contributed by atoms with Crippen LogP contribution < -0.4 is 19.5 Å². The van der Waals surface area contributed by atoms with Gasteiger partial charge in [-0.3, -0.25) is 14.5 Å².